The molecule has 1 heterocycles. The number of nitrogens with one attached hydrogen (secondary N) is 3. The number of hydrazine groups is 1. The zero-order valence-corrected chi connectivity index (χ0v) is 17.8. The van der Waals surface area contributed by atoms with Crippen LogP contribution in [0, 0.1) is 0 Å². The van der Waals surface area contributed by atoms with Gasteiger partial charge in [0.05, 0.1) is 11.6 Å². The summed E-state index contributed by atoms with van der Waals surface area (Å²) in [7, 11) is 0. The number of halogens is 1. The van der Waals surface area contributed by atoms with Crippen LogP contribution in [0.3, 0.4) is 0 Å². The Morgan fingerprint density at radius 3 is 2.26 bits per heavy atom. The van der Waals surface area contributed by atoms with Gasteiger partial charge in [0.15, 0.2) is 0 Å². The third-order valence-corrected chi connectivity index (χ3v) is 4.87. The number of aromatic nitrogens is 1. The number of benzene rings is 2. The van der Waals surface area contributed by atoms with Gasteiger partial charge in [0.25, 0.3) is 5.91 Å². The molecule has 3 amide bonds. The van der Waals surface area contributed by atoms with E-state index in [1.54, 1.807) is 18.3 Å². The van der Waals surface area contributed by atoms with Crippen LogP contribution in [-0.2, 0) is 11.2 Å². The van der Waals surface area contributed by atoms with Crippen LogP contribution in [0.15, 0.2) is 77.4 Å². The van der Waals surface area contributed by atoms with Crippen molar-refractivity contribution in [3.05, 3.63) is 94.2 Å². The van der Waals surface area contributed by atoms with Crippen molar-refractivity contribution in [2.75, 3.05) is 5.32 Å². The first-order valence-electron chi connectivity index (χ1n) is 9.28. The van der Waals surface area contributed by atoms with E-state index in [9.17, 15) is 14.4 Å². The molecular formula is C22H19BrN4O4. The van der Waals surface area contributed by atoms with Crippen LogP contribution >= 0.6 is 15.9 Å². The average molecular weight is 483 g/mol. The molecule has 4 N–H and O–H groups in total. The van der Waals surface area contributed by atoms with E-state index in [-0.39, 0.29) is 5.56 Å². The Morgan fingerprint density at radius 1 is 0.935 bits per heavy atom. The summed E-state index contributed by atoms with van der Waals surface area (Å²) in [5.41, 5.74) is 6.98. The van der Waals surface area contributed by atoms with Crippen molar-refractivity contribution in [1.82, 2.24) is 15.8 Å². The number of rotatable bonds is 6. The van der Waals surface area contributed by atoms with Gasteiger partial charge in [-0.1, -0.05) is 30.3 Å². The first-order chi connectivity index (χ1) is 14.9. The second-order valence-electron chi connectivity index (χ2n) is 6.59. The van der Waals surface area contributed by atoms with E-state index in [2.05, 4.69) is 37.1 Å². The molecule has 3 rings (SSSR count). The number of amides is 3. The Morgan fingerprint density at radius 2 is 1.65 bits per heavy atom. The zero-order chi connectivity index (χ0) is 22.2. The summed E-state index contributed by atoms with van der Waals surface area (Å²) in [6.45, 7) is 0. The minimum Gasteiger partial charge on any atom is -0.465 e. The monoisotopic (exact) mass is 482 g/mol. The molecule has 9 heteroatoms. The molecule has 1 unspecified atom stereocenters. The fraction of sp³-hybridized carbons (Fsp3) is 0.0909. The number of hydrogen-bond acceptors (Lipinski definition) is 4. The third-order valence-electron chi connectivity index (χ3n) is 4.40. The molecule has 0 radical (unpaired) electrons. The highest BCUT2D eigenvalue weighted by molar-refractivity contribution is 9.10. The third kappa shape index (κ3) is 6.38. The van der Waals surface area contributed by atoms with Crippen molar-refractivity contribution in [1.29, 1.82) is 0 Å². The molecule has 1 atom stereocenters. The van der Waals surface area contributed by atoms with Gasteiger partial charge in [-0.05, 0) is 64.3 Å². The lowest BCUT2D eigenvalue weighted by molar-refractivity contribution is -0.123. The molecular weight excluding hydrogens is 464 g/mol. The van der Waals surface area contributed by atoms with Gasteiger partial charge in [0, 0.05) is 21.9 Å². The van der Waals surface area contributed by atoms with E-state index >= 15 is 0 Å². The molecule has 0 bridgehead atoms. The molecule has 0 aliphatic carbocycles. The Labute approximate surface area is 186 Å². The lowest BCUT2D eigenvalue weighted by atomic mass is 9.95. The van der Waals surface area contributed by atoms with Gasteiger partial charge in [0.2, 0.25) is 5.91 Å². The number of hydrogen-bond donors (Lipinski definition) is 4. The van der Waals surface area contributed by atoms with E-state index < -0.39 is 23.8 Å². The predicted molar refractivity (Wildman–Crippen MR) is 119 cm³/mol. The Bertz CT molecular complexity index is 1060. The Kier molecular flexibility index (Phi) is 7.34. The van der Waals surface area contributed by atoms with Crippen LogP contribution in [0.5, 0.6) is 0 Å². The molecule has 8 nitrogen and oxygen atoms in total. The van der Waals surface area contributed by atoms with Crippen molar-refractivity contribution in [2.45, 2.75) is 12.3 Å². The maximum absolute atomic E-state index is 12.9. The minimum atomic E-state index is -1.20. The minimum absolute atomic E-state index is 0.262. The molecule has 0 saturated heterocycles. The van der Waals surface area contributed by atoms with Gasteiger partial charge in [-0.15, -0.1) is 0 Å². The fourth-order valence-corrected chi connectivity index (χ4v) is 3.12. The molecule has 0 aliphatic rings. The van der Waals surface area contributed by atoms with Gasteiger partial charge in [0.1, 0.15) is 0 Å². The van der Waals surface area contributed by atoms with Gasteiger partial charge in [-0.3, -0.25) is 30.7 Å². The van der Waals surface area contributed by atoms with Crippen LogP contribution in [0.1, 0.15) is 27.5 Å². The van der Waals surface area contributed by atoms with E-state index in [1.165, 1.54) is 24.3 Å². The summed E-state index contributed by atoms with van der Waals surface area (Å²) in [6.07, 6.45) is 0.828. The van der Waals surface area contributed by atoms with Gasteiger partial charge >= 0.3 is 6.09 Å². The lowest BCUT2D eigenvalue weighted by Crippen LogP contribution is -2.44. The smallest absolute Gasteiger partial charge is 0.409 e. The molecule has 1 aromatic heterocycles. The number of carbonyl (C=O) groups excluding carboxylic acids is 2. The highest BCUT2D eigenvalue weighted by atomic mass is 79.9. The summed E-state index contributed by atoms with van der Waals surface area (Å²) >= 11 is 3.34. The van der Waals surface area contributed by atoms with Crippen molar-refractivity contribution in [2.24, 2.45) is 0 Å². The van der Waals surface area contributed by atoms with E-state index in [0.29, 0.717) is 17.8 Å². The van der Waals surface area contributed by atoms with Crippen LogP contribution in [0.2, 0.25) is 0 Å². The number of pyridine rings is 1. The SMILES string of the molecule is O=C(O)Nc1ccc(C(=O)NNC(=O)C(Cc2ccccc2)c2ccc(Br)cn2)cc1. The molecule has 0 saturated carbocycles. The number of anilines is 1. The number of carboxylic acid groups (broad SMARTS) is 1. The molecule has 0 fully saturated rings. The molecule has 31 heavy (non-hydrogen) atoms. The highest BCUT2D eigenvalue weighted by Crippen LogP contribution is 2.21. The Balaban J connectivity index is 1.68. The highest BCUT2D eigenvalue weighted by Gasteiger charge is 2.23. The quantitative estimate of drug-likeness (QED) is 0.399. The zero-order valence-electron chi connectivity index (χ0n) is 16.2. The average Bonchev–Trinajstić information content (AvgIpc) is 2.77. The first-order valence-corrected chi connectivity index (χ1v) is 10.1. The van der Waals surface area contributed by atoms with E-state index in [4.69, 9.17) is 5.11 Å². The predicted octanol–water partition coefficient (Wildman–Crippen LogP) is 3.72. The first kappa shape index (κ1) is 22.0. The van der Waals surface area contributed by atoms with Crippen molar-refractivity contribution in [3.8, 4) is 0 Å². The second-order valence-corrected chi connectivity index (χ2v) is 7.51. The Hall–Kier alpha value is -3.72. The number of nitrogens with zero attached hydrogens (tertiary/aromatic N) is 1. The lowest BCUT2D eigenvalue weighted by Gasteiger charge is -2.17. The molecule has 0 aliphatic heterocycles. The molecule has 3 aromatic rings. The van der Waals surface area contributed by atoms with Crippen LogP contribution < -0.4 is 16.2 Å². The van der Waals surface area contributed by atoms with E-state index in [0.717, 1.165) is 10.0 Å². The van der Waals surface area contributed by atoms with Crippen LogP contribution in [-0.4, -0.2) is 28.0 Å². The molecule has 2 aromatic carbocycles. The molecule has 0 spiro atoms. The second kappa shape index (κ2) is 10.4. The summed E-state index contributed by atoms with van der Waals surface area (Å²) < 4.78 is 0.796. The standard InChI is InChI=1S/C22H19BrN4O4/c23-16-8-11-19(24-13-16)18(12-14-4-2-1-3-5-14)21(29)27-26-20(28)15-6-9-17(10-7-15)25-22(30)31/h1-11,13,18,25H,12H2,(H,26,28)(H,27,29)(H,30,31). The van der Waals surface area contributed by atoms with Gasteiger partial charge in [-0.2, -0.15) is 0 Å². The van der Waals surface area contributed by atoms with Crippen molar-refractivity contribution in [3.63, 3.8) is 0 Å². The summed E-state index contributed by atoms with van der Waals surface area (Å²) in [5, 5.41) is 10.9. The van der Waals surface area contributed by atoms with Crippen LogP contribution in [0.4, 0.5) is 10.5 Å². The fourth-order valence-electron chi connectivity index (χ4n) is 2.88. The van der Waals surface area contributed by atoms with Crippen molar-refractivity contribution >= 4 is 39.5 Å². The maximum atomic E-state index is 12.9. The van der Waals surface area contributed by atoms with Crippen molar-refractivity contribution < 1.29 is 19.5 Å². The van der Waals surface area contributed by atoms with Gasteiger partial charge in [-0.25, -0.2) is 4.79 Å². The van der Waals surface area contributed by atoms with Crippen LogP contribution in [0.25, 0.3) is 0 Å². The summed E-state index contributed by atoms with van der Waals surface area (Å²) in [6, 6.07) is 18.9. The normalized spacial score (nSPS) is 11.3. The maximum Gasteiger partial charge on any atom is 0.409 e. The van der Waals surface area contributed by atoms with E-state index in [1.807, 2.05) is 30.3 Å². The summed E-state index contributed by atoms with van der Waals surface area (Å²) in [5.74, 6) is -1.55. The summed E-state index contributed by atoms with van der Waals surface area (Å²) in [4.78, 5) is 40.2. The van der Waals surface area contributed by atoms with Gasteiger partial charge < -0.3 is 5.11 Å². The molecule has 158 valence electrons. The topological polar surface area (TPSA) is 120 Å². The largest absolute Gasteiger partial charge is 0.465 e. The number of carbonyl (C=O) groups is 3.